The van der Waals surface area contributed by atoms with Gasteiger partial charge >= 0.3 is 0 Å². The second-order valence-electron chi connectivity index (χ2n) is 5.72. The van der Waals surface area contributed by atoms with Gasteiger partial charge < -0.3 is 10.2 Å². The molecule has 1 N–H and O–H groups in total. The Morgan fingerprint density at radius 1 is 1.00 bits per heavy atom. The van der Waals surface area contributed by atoms with Crippen LogP contribution in [0.4, 0.5) is 0 Å². The number of rotatable bonds is 4. The summed E-state index contributed by atoms with van der Waals surface area (Å²) in [6.07, 6.45) is 2.79. The van der Waals surface area contributed by atoms with Crippen LogP contribution in [0.2, 0.25) is 0 Å². The summed E-state index contributed by atoms with van der Waals surface area (Å²) < 4.78 is 0. The van der Waals surface area contributed by atoms with E-state index in [4.69, 9.17) is 0 Å². The molecule has 1 aromatic rings. The number of hydrogen-bond donors (Lipinski definition) is 1. The van der Waals surface area contributed by atoms with Crippen LogP contribution in [0.15, 0.2) is 30.3 Å². The van der Waals surface area contributed by atoms with Crippen molar-refractivity contribution in [3.8, 4) is 0 Å². The molecule has 3 rings (SSSR count). The van der Waals surface area contributed by atoms with Crippen molar-refractivity contribution < 1.29 is 0 Å². The van der Waals surface area contributed by atoms with Gasteiger partial charge in [0.1, 0.15) is 0 Å². The molecule has 2 heterocycles. The van der Waals surface area contributed by atoms with Gasteiger partial charge in [-0.2, -0.15) is 0 Å². The van der Waals surface area contributed by atoms with Gasteiger partial charge in [0, 0.05) is 38.8 Å². The first-order valence-corrected chi connectivity index (χ1v) is 7.65. The van der Waals surface area contributed by atoms with Crippen molar-refractivity contribution in [2.45, 2.75) is 18.9 Å². The molecular formula is C16H25N3. The highest BCUT2D eigenvalue weighted by Crippen LogP contribution is 2.21. The van der Waals surface area contributed by atoms with Gasteiger partial charge in [0.25, 0.3) is 0 Å². The van der Waals surface area contributed by atoms with E-state index in [1.165, 1.54) is 51.1 Å². The molecular weight excluding hydrogens is 234 g/mol. The molecule has 0 saturated carbocycles. The van der Waals surface area contributed by atoms with E-state index in [1.54, 1.807) is 0 Å². The van der Waals surface area contributed by atoms with Gasteiger partial charge in [-0.15, -0.1) is 0 Å². The van der Waals surface area contributed by atoms with Crippen molar-refractivity contribution in [2.24, 2.45) is 0 Å². The summed E-state index contributed by atoms with van der Waals surface area (Å²) in [7, 11) is 0. The van der Waals surface area contributed by atoms with E-state index in [1.807, 2.05) is 0 Å². The summed E-state index contributed by atoms with van der Waals surface area (Å²) in [6.45, 7) is 8.45. The predicted octanol–water partition coefficient (Wildman–Crippen LogP) is 1.73. The van der Waals surface area contributed by atoms with E-state index in [2.05, 4.69) is 45.4 Å². The summed E-state index contributed by atoms with van der Waals surface area (Å²) in [5, 5.41) is 3.54. The third-order valence-corrected chi connectivity index (χ3v) is 4.44. The van der Waals surface area contributed by atoms with Crippen LogP contribution in [-0.2, 0) is 0 Å². The standard InChI is InChI=1S/C16H25N3/c1-2-6-15(7-3-1)16-14-17-8-11-19(16)13-12-18-9-4-5-10-18/h1-3,6-7,16-17H,4-5,8-14H2. The maximum atomic E-state index is 3.54. The SMILES string of the molecule is c1ccc(C2CNCCN2CCN2CCCC2)cc1. The largest absolute Gasteiger partial charge is 0.314 e. The van der Waals surface area contributed by atoms with Crippen molar-refractivity contribution in [3.05, 3.63) is 35.9 Å². The first-order valence-electron chi connectivity index (χ1n) is 7.65. The normalized spacial score (nSPS) is 25.8. The summed E-state index contributed by atoms with van der Waals surface area (Å²) >= 11 is 0. The molecule has 0 radical (unpaired) electrons. The maximum absolute atomic E-state index is 3.54. The first-order chi connectivity index (χ1) is 9.43. The van der Waals surface area contributed by atoms with Gasteiger partial charge in [-0.05, 0) is 31.5 Å². The fourth-order valence-electron chi connectivity index (χ4n) is 3.29. The topological polar surface area (TPSA) is 18.5 Å². The molecule has 1 aromatic carbocycles. The third-order valence-electron chi connectivity index (χ3n) is 4.44. The van der Waals surface area contributed by atoms with Gasteiger partial charge in [-0.3, -0.25) is 4.90 Å². The highest BCUT2D eigenvalue weighted by Gasteiger charge is 2.24. The predicted molar refractivity (Wildman–Crippen MR) is 79.3 cm³/mol. The van der Waals surface area contributed by atoms with Crippen LogP contribution in [0.25, 0.3) is 0 Å². The van der Waals surface area contributed by atoms with E-state index in [0.29, 0.717) is 6.04 Å². The molecule has 3 nitrogen and oxygen atoms in total. The fourth-order valence-corrected chi connectivity index (χ4v) is 3.29. The molecule has 0 aliphatic carbocycles. The van der Waals surface area contributed by atoms with Gasteiger partial charge in [0.15, 0.2) is 0 Å². The molecule has 2 fully saturated rings. The zero-order chi connectivity index (χ0) is 12.9. The summed E-state index contributed by atoms with van der Waals surface area (Å²) in [5.74, 6) is 0. The van der Waals surface area contributed by atoms with Crippen molar-refractivity contribution in [1.29, 1.82) is 0 Å². The van der Waals surface area contributed by atoms with Gasteiger partial charge in [0.2, 0.25) is 0 Å². The van der Waals surface area contributed by atoms with Crippen LogP contribution >= 0.6 is 0 Å². The molecule has 19 heavy (non-hydrogen) atoms. The minimum Gasteiger partial charge on any atom is -0.314 e. The molecule has 0 amide bonds. The van der Waals surface area contributed by atoms with Crippen molar-refractivity contribution >= 4 is 0 Å². The van der Waals surface area contributed by atoms with Crippen molar-refractivity contribution in [3.63, 3.8) is 0 Å². The summed E-state index contributed by atoms with van der Waals surface area (Å²) in [4.78, 5) is 5.27. The van der Waals surface area contributed by atoms with Crippen LogP contribution in [0, 0.1) is 0 Å². The Labute approximate surface area is 116 Å². The minimum absolute atomic E-state index is 0.553. The molecule has 3 heteroatoms. The van der Waals surface area contributed by atoms with E-state index < -0.39 is 0 Å². The average Bonchev–Trinajstić information content (AvgIpc) is 3.00. The van der Waals surface area contributed by atoms with Gasteiger partial charge in [-0.1, -0.05) is 30.3 Å². The number of likely N-dealkylation sites (tertiary alicyclic amines) is 1. The molecule has 1 atom stereocenters. The van der Waals surface area contributed by atoms with E-state index in [-0.39, 0.29) is 0 Å². The smallest absolute Gasteiger partial charge is 0.0473 e. The Balaban J connectivity index is 1.60. The molecule has 1 unspecified atom stereocenters. The number of benzene rings is 1. The average molecular weight is 259 g/mol. The lowest BCUT2D eigenvalue weighted by Gasteiger charge is -2.37. The Morgan fingerprint density at radius 2 is 1.79 bits per heavy atom. The molecule has 0 spiro atoms. The number of hydrogen-bond acceptors (Lipinski definition) is 3. The zero-order valence-electron chi connectivity index (χ0n) is 11.7. The van der Waals surface area contributed by atoms with Crippen LogP contribution < -0.4 is 5.32 Å². The second kappa shape index (κ2) is 6.51. The second-order valence-corrected chi connectivity index (χ2v) is 5.72. The highest BCUT2D eigenvalue weighted by atomic mass is 15.2. The molecule has 2 aliphatic rings. The van der Waals surface area contributed by atoms with E-state index >= 15 is 0 Å². The Hall–Kier alpha value is -0.900. The fraction of sp³-hybridized carbons (Fsp3) is 0.625. The third kappa shape index (κ3) is 3.35. The van der Waals surface area contributed by atoms with Crippen LogP contribution in [0.1, 0.15) is 24.4 Å². The van der Waals surface area contributed by atoms with Crippen LogP contribution in [-0.4, -0.2) is 55.6 Å². The molecule has 0 aromatic heterocycles. The number of nitrogens with one attached hydrogen (secondary N) is 1. The minimum atomic E-state index is 0.553. The molecule has 0 bridgehead atoms. The lowest BCUT2D eigenvalue weighted by molar-refractivity contribution is 0.143. The lowest BCUT2D eigenvalue weighted by Crippen LogP contribution is -2.48. The summed E-state index contributed by atoms with van der Waals surface area (Å²) in [6, 6.07) is 11.5. The number of nitrogens with zero attached hydrogens (tertiary/aromatic N) is 2. The van der Waals surface area contributed by atoms with Crippen LogP contribution in [0.5, 0.6) is 0 Å². The van der Waals surface area contributed by atoms with Crippen molar-refractivity contribution in [1.82, 2.24) is 15.1 Å². The van der Waals surface area contributed by atoms with Gasteiger partial charge in [0.05, 0.1) is 0 Å². The first kappa shape index (κ1) is 13.1. The monoisotopic (exact) mass is 259 g/mol. The van der Waals surface area contributed by atoms with Crippen molar-refractivity contribution in [2.75, 3.05) is 45.8 Å². The Kier molecular flexibility index (Phi) is 4.49. The molecule has 104 valence electrons. The quantitative estimate of drug-likeness (QED) is 0.888. The van der Waals surface area contributed by atoms with E-state index in [9.17, 15) is 0 Å². The maximum Gasteiger partial charge on any atom is 0.0473 e. The zero-order valence-corrected chi connectivity index (χ0v) is 11.7. The molecule has 2 aliphatic heterocycles. The Morgan fingerprint density at radius 3 is 2.58 bits per heavy atom. The van der Waals surface area contributed by atoms with Gasteiger partial charge in [-0.25, -0.2) is 0 Å². The Bertz CT molecular complexity index is 373. The highest BCUT2D eigenvalue weighted by molar-refractivity contribution is 5.20. The molecule has 2 saturated heterocycles. The van der Waals surface area contributed by atoms with E-state index in [0.717, 1.165) is 13.1 Å². The lowest BCUT2D eigenvalue weighted by atomic mass is 10.0. The summed E-state index contributed by atoms with van der Waals surface area (Å²) in [5.41, 5.74) is 1.45. The van der Waals surface area contributed by atoms with Crippen LogP contribution in [0.3, 0.4) is 0 Å². The number of piperazine rings is 1.